The van der Waals surface area contributed by atoms with Gasteiger partial charge < -0.3 is 5.11 Å². The van der Waals surface area contributed by atoms with Crippen LogP contribution in [0.25, 0.3) is 0 Å². The van der Waals surface area contributed by atoms with Crippen molar-refractivity contribution in [3.63, 3.8) is 0 Å². The van der Waals surface area contributed by atoms with Gasteiger partial charge in [0.15, 0.2) is 0 Å². The van der Waals surface area contributed by atoms with Gasteiger partial charge in [0.25, 0.3) is 0 Å². The summed E-state index contributed by atoms with van der Waals surface area (Å²) in [7, 11) is 0. The first-order chi connectivity index (χ1) is 6.15. The van der Waals surface area contributed by atoms with Crippen LogP contribution in [0.3, 0.4) is 0 Å². The van der Waals surface area contributed by atoms with Crippen LogP contribution in [0.1, 0.15) is 37.0 Å². The first-order valence-corrected chi connectivity index (χ1v) is 4.59. The van der Waals surface area contributed by atoms with Crippen molar-refractivity contribution < 1.29 is 9.50 Å². The lowest BCUT2D eigenvalue weighted by atomic mass is 10.0. The highest BCUT2D eigenvalue weighted by Crippen LogP contribution is 2.22. The Morgan fingerprint density at radius 3 is 2.77 bits per heavy atom. The van der Waals surface area contributed by atoms with Gasteiger partial charge in [-0.15, -0.1) is 0 Å². The molecule has 2 heteroatoms. The third-order valence-corrected chi connectivity index (χ3v) is 2.07. The fraction of sp³-hybridized carbons (Fsp3) is 0.455. The number of aliphatic hydroxyl groups is 1. The highest BCUT2D eigenvalue weighted by molar-refractivity contribution is 5.25. The fourth-order valence-corrected chi connectivity index (χ4v) is 1.35. The van der Waals surface area contributed by atoms with Crippen LogP contribution < -0.4 is 0 Å². The molecule has 72 valence electrons. The Morgan fingerprint density at radius 2 is 2.15 bits per heavy atom. The van der Waals surface area contributed by atoms with Gasteiger partial charge in [-0.05, 0) is 19.4 Å². The average molecular weight is 182 g/mol. The van der Waals surface area contributed by atoms with Crippen molar-refractivity contribution >= 4 is 0 Å². The molecule has 1 rings (SSSR count). The van der Waals surface area contributed by atoms with Gasteiger partial charge in [0.1, 0.15) is 5.82 Å². The van der Waals surface area contributed by atoms with Crippen molar-refractivity contribution in [2.75, 3.05) is 0 Å². The average Bonchev–Trinajstić information content (AvgIpc) is 2.09. The maximum absolute atomic E-state index is 13.2. The molecule has 1 atom stereocenters. The van der Waals surface area contributed by atoms with Gasteiger partial charge in [-0.25, -0.2) is 4.39 Å². The molecule has 0 saturated carbocycles. The summed E-state index contributed by atoms with van der Waals surface area (Å²) >= 11 is 0. The smallest absolute Gasteiger partial charge is 0.129 e. The van der Waals surface area contributed by atoms with Crippen molar-refractivity contribution in [2.24, 2.45) is 0 Å². The zero-order valence-corrected chi connectivity index (χ0v) is 8.05. The number of halogens is 1. The summed E-state index contributed by atoms with van der Waals surface area (Å²) in [6, 6.07) is 4.82. The minimum Gasteiger partial charge on any atom is -0.388 e. The number of aryl methyl sites for hydroxylation is 1. The quantitative estimate of drug-likeness (QED) is 0.762. The molecule has 0 aromatic heterocycles. The van der Waals surface area contributed by atoms with Gasteiger partial charge in [0.2, 0.25) is 0 Å². The molecule has 0 spiro atoms. The molecule has 13 heavy (non-hydrogen) atoms. The molecule has 0 fully saturated rings. The molecule has 1 aromatic rings. The van der Waals surface area contributed by atoms with E-state index in [4.69, 9.17) is 0 Å². The molecule has 0 aliphatic heterocycles. The van der Waals surface area contributed by atoms with Gasteiger partial charge in [-0.1, -0.05) is 31.0 Å². The summed E-state index contributed by atoms with van der Waals surface area (Å²) < 4.78 is 13.2. The topological polar surface area (TPSA) is 20.2 Å². The van der Waals surface area contributed by atoms with Crippen LogP contribution in [-0.4, -0.2) is 5.11 Å². The molecule has 0 aliphatic rings. The van der Waals surface area contributed by atoms with Gasteiger partial charge >= 0.3 is 0 Å². The summed E-state index contributed by atoms with van der Waals surface area (Å²) in [5, 5.41) is 9.59. The van der Waals surface area contributed by atoms with Crippen LogP contribution in [-0.2, 0) is 0 Å². The van der Waals surface area contributed by atoms with Crippen LogP contribution in [0.4, 0.5) is 4.39 Å². The van der Waals surface area contributed by atoms with E-state index in [-0.39, 0.29) is 5.82 Å². The van der Waals surface area contributed by atoms with Crippen LogP contribution in [0.15, 0.2) is 18.2 Å². The lowest BCUT2D eigenvalue weighted by Gasteiger charge is -2.11. The number of rotatable bonds is 3. The summed E-state index contributed by atoms with van der Waals surface area (Å²) in [5.74, 6) is -0.313. The Bertz CT molecular complexity index is 283. The van der Waals surface area contributed by atoms with Crippen molar-refractivity contribution in [2.45, 2.75) is 32.8 Å². The number of benzene rings is 1. The van der Waals surface area contributed by atoms with E-state index in [2.05, 4.69) is 0 Å². The highest BCUT2D eigenvalue weighted by Gasteiger charge is 2.11. The Hall–Kier alpha value is -0.890. The predicted octanol–water partition coefficient (Wildman–Crippen LogP) is 2.97. The van der Waals surface area contributed by atoms with Crippen molar-refractivity contribution in [1.29, 1.82) is 0 Å². The van der Waals surface area contributed by atoms with Crippen LogP contribution in [0.2, 0.25) is 0 Å². The molecule has 0 bridgehead atoms. The fourth-order valence-electron chi connectivity index (χ4n) is 1.35. The van der Waals surface area contributed by atoms with E-state index in [1.165, 1.54) is 6.07 Å². The van der Waals surface area contributed by atoms with E-state index in [9.17, 15) is 9.50 Å². The SMILES string of the molecule is CCCC(O)c1cc(C)ccc1F. The zero-order chi connectivity index (χ0) is 9.84. The van der Waals surface area contributed by atoms with E-state index in [0.29, 0.717) is 12.0 Å². The standard InChI is InChI=1S/C11H15FO/c1-3-4-11(13)9-7-8(2)5-6-10(9)12/h5-7,11,13H,3-4H2,1-2H3. The van der Waals surface area contributed by atoms with Crippen molar-refractivity contribution in [3.8, 4) is 0 Å². The Kier molecular flexibility index (Phi) is 3.43. The molecule has 0 aliphatic carbocycles. The molecule has 1 unspecified atom stereocenters. The van der Waals surface area contributed by atoms with Crippen molar-refractivity contribution in [3.05, 3.63) is 35.1 Å². The normalized spacial score (nSPS) is 12.9. The highest BCUT2D eigenvalue weighted by atomic mass is 19.1. The second-order valence-corrected chi connectivity index (χ2v) is 3.33. The monoisotopic (exact) mass is 182 g/mol. The molecular formula is C11H15FO. The minimum atomic E-state index is -0.662. The van der Waals surface area contributed by atoms with Crippen LogP contribution >= 0.6 is 0 Å². The van der Waals surface area contributed by atoms with Gasteiger partial charge in [0.05, 0.1) is 6.10 Å². The largest absolute Gasteiger partial charge is 0.388 e. The number of hydrogen-bond acceptors (Lipinski definition) is 1. The maximum Gasteiger partial charge on any atom is 0.129 e. The molecular weight excluding hydrogens is 167 g/mol. The first kappa shape index (κ1) is 10.2. The predicted molar refractivity (Wildman–Crippen MR) is 51.0 cm³/mol. The van der Waals surface area contributed by atoms with Gasteiger partial charge in [0, 0.05) is 5.56 Å². The lowest BCUT2D eigenvalue weighted by molar-refractivity contribution is 0.162. The Balaban J connectivity index is 2.91. The maximum atomic E-state index is 13.2. The zero-order valence-electron chi connectivity index (χ0n) is 8.05. The summed E-state index contributed by atoms with van der Waals surface area (Å²) in [5.41, 5.74) is 1.40. The van der Waals surface area contributed by atoms with Crippen LogP contribution in [0.5, 0.6) is 0 Å². The Morgan fingerprint density at radius 1 is 1.46 bits per heavy atom. The third kappa shape index (κ3) is 2.52. The van der Waals surface area contributed by atoms with Crippen molar-refractivity contribution in [1.82, 2.24) is 0 Å². The molecule has 1 nitrogen and oxygen atoms in total. The summed E-state index contributed by atoms with van der Waals surface area (Å²) in [4.78, 5) is 0. The minimum absolute atomic E-state index is 0.313. The molecule has 0 saturated heterocycles. The molecule has 1 aromatic carbocycles. The molecule has 0 radical (unpaired) electrons. The first-order valence-electron chi connectivity index (χ1n) is 4.59. The molecule has 1 N–H and O–H groups in total. The second kappa shape index (κ2) is 4.38. The van der Waals surface area contributed by atoms with E-state index in [1.54, 1.807) is 12.1 Å². The van der Waals surface area contributed by atoms with E-state index in [0.717, 1.165) is 12.0 Å². The van der Waals surface area contributed by atoms with E-state index < -0.39 is 6.10 Å². The summed E-state index contributed by atoms with van der Waals surface area (Å²) in [6.45, 7) is 3.86. The van der Waals surface area contributed by atoms with Gasteiger partial charge in [-0.2, -0.15) is 0 Å². The third-order valence-electron chi connectivity index (χ3n) is 2.07. The van der Waals surface area contributed by atoms with E-state index >= 15 is 0 Å². The number of aliphatic hydroxyl groups excluding tert-OH is 1. The number of hydrogen-bond donors (Lipinski definition) is 1. The lowest BCUT2D eigenvalue weighted by Crippen LogP contribution is -2.00. The Labute approximate surface area is 78.2 Å². The van der Waals surface area contributed by atoms with Crippen LogP contribution in [0, 0.1) is 12.7 Å². The summed E-state index contributed by atoms with van der Waals surface area (Å²) in [6.07, 6.45) is 0.805. The van der Waals surface area contributed by atoms with Gasteiger partial charge in [-0.3, -0.25) is 0 Å². The molecule has 0 amide bonds. The van der Waals surface area contributed by atoms with E-state index in [1.807, 2.05) is 13.8 Å². The second-order valence-electron chi connectivity index (χ2n) is 3.33. The molecule has 0 heterocycles.